The Labute approximate surface area is 126 Å². The molecule has 4 radical (unpaired) electrons. The largest absolute Gasteiger partial charge is 0.543 e. The Morgan fingerprint density at radius 1 is 0.381 bits per heavy atom. The standard InChI is InChI=1S/3C2H2O4.Ge.2H3N/c3*3-1(4)2(5)6;;;/h3*(H,3,4)(H,5,6);;2*1H3/p-4. The molecule has 0 atom stereocenters. The average molecular weight is 373 g/mol. The molecule has 0 aromatic heterocycles. The fraction of sp³-hybridized carbons (Fsp3) is 0. The normalized spacial score (nSPS) is 6.29. The van der Waals surface area contributed by atoms with Gasteiger partial charge in [0.05, 0.1) is 35.8 Å². The van der Waals surface area contributed by atoms with Crippen LogP contribution in [0, 0.1) is 0 Å². The van der Waals surface area contributed by atoms with Gasteiger partial charge in [-0.15, -0.1) is 0 Å². The van der Waals surface area contributed by atoms with E-state index in [2.05, 4.69) is 0 Å². The molecule has 0 unspecified atom stereocenters. The third-order valence-electron chi connectivity index (χ3n) is 0.500. The Hall–Kier alpha value is -2.72. The number of hydrogen-bond donors (Lipinski definition) is 2. The number of carbonyl (C=O) groups excluding carboxylic acids is 6. The molecule has 0 fully saturated rings. The van der Waals surface area contributed by atoms with E-state index in [1.165, 1.54) is 0 Å². The van der Waals surface area contributed by atoms with E-state index in [-0.39, 0.29) is 29.9 Å². The number of hydrogen-bond acceptors (Lipinski definition) is 12. The van der Waals surface area contributed by atoms with Crippen molar-refractivity contribution in [3.8, 4) is 0 Å². The van der Waals surface area contributed by atoms with Gasteiger partial charge >= 0.3 is 0 Å². The molecule has 0 rings (SSSR count). The minimum absolute atomic E-state index is 0. The minimum atomic E-state index is -2.19. The van der Waals surface area contributed by atoms with Gasteiger partial charge in [-0.25, -0.2) is 0 Å². The second kappa shape index (κ2) is 19.6. The molecule has 0 aliphatic rings. The Kier molecular flexibility index (Phi) is 33.8. The Morgan fingerprint density at radius 3 is 0.429 bits per heavy atom. The smallest absolute Gasteiger partial charge is 0.0870 e. The Balaban J connectivity index is -0.0000000375. The van der Waals surface area contributed by atoms with Crippen LogP contribution in [0.1, 0.15) is 0 Å². The van der Waals surface area contributed by atoms with Gasteiger partial charge in [0.15, 0.2) is 0 Å². The predicted molar refractivity (Wildman–Crippen MR) is 47.8 cm³/mol. The first-order valence-corrected chi connectivity index (χ1v) is 3.20. The molecule has 8 N–H and O–H groups in total. The topological polar surface area (TPSA) is 314 Å². The van der Waals surface area contributed by atoms with E-state index in [1.54, 1.807) is 0 Å². The molecule has 21 heavy (non-hydrogen) atoms. The molecule has 122 valence electrons. The summed E-state index contributed by atoms with van der Waals surface area (Å²) in [5.74, 6) is -13.1. The molecule has 0 aliphatic heterocycles. The van der Waals surface area contributed by atoms with Gasteiger partial charge in [0.25, 0.3) is 0 Å². The summed E-state index contributed by atoms with van der Waals surface area (Å²) in [5.41, 5.74) is 0. The maximum absolute atomic E-state index is 8.93. The van der Waals surface area contributed by atoms with Crippen molar-refractivity contribution in [1.29, 1.82) is 0 Å². The molecule has 0 aliphatic carbocycles. The van der Waals surface area contributed by atoms with Gasteiger partial charge in [0.2, 0.25) is 0 Å². The summed E-state index contributed by atoms with van der Waals surface area (Å²) < 4.78 is 0. The van der Waals surface area contributed by atoms with E-state index in [4.69, 9.17) is 59.4 Å². The van der Waals surface area contributed by atoms with Crippen LogP contribution in [0.15, 0.2) is 0 Å². The molecular formula is C6H8GeN2O12-4. The molecule has 0 saturated heterocycles. The van der Waals surface area contributed by atoms with Crippen molar-refractivity contribution < 1.29 is 59.4 Å². The number of aliphatic carboxylic acids is 6. The van der Waals surface area contributed by atoms with Crippen LogP contribution in [0.5, 0.6) is 0 Å². The van der Waals surface area contributed by atoms with Crippen LogP contribution in [0.25, 0.3) is 0 Å². The molecule has 0 amide bonds. The SMILES string of the molecule is O=C([O-])C(=O)[O-].O=C([O-])C(=O)[O-].O=C([O-])C(=O)[O-].[Ge].[NH4+].[NH4+]. The molecule has 0 heterocycles. The van der Waals surface area contributed by atoms with Crippen LogP contribution in [-0.2, 0) is 28.8 Å². The second-order valence-corrected chi connectivity index (χ2v) is 1.72. The summed E-state index contributed by atoms with van der Waals surface area (Å²) in [6.45, 7) is 0. The fourth-order valence-corrected chi connectivity index (χ4v) is 0. The third-order valence-corrected chi connectivity index (χ3v) is 0.500. The Morgan fingerprint density at radius 2 is 0.429 bits per heavy atom. The van der Waals surface area contributed by atoms with Crippen molar-refractivity contribution in [2.24, 2.45) is 0 Å². The number of carboxylic acid groups (broad SMARTS) is 6. The van der Waals surface area contributed by atoms with Crippen LogP contribution in [0.3, 0.4) is 0 Å². The summed E-state index contributed by atoms with van der Waals surface area (Å²) in [5, 5.41) is 53.6. The van der Waals surface area contributed by atoms with Crippen molar-refractivity contribution in [2.45, 2.75) is 0 Å². The molecule has 0 saturated carbocycles. The molecular weight excluding hydrogens is 365 g/mol. The van der Waals surface area contributed by atoms with Gasteiger partial charge in [-0.1, -0.05) is 0 Å². The maximum atomic E-state index is 8.93. The van der Waals surface area contributed by atoms with E-state index < -0.39 is 35.8 Å². The summed E-state index contributed by atoms with van der Waals surface area (Å²) in [4.78, 5) is 53.6. The third kappa shape index (κ3) is 46.8. The van der Waals surface area contributed by atoms with Crippen LogP contribution < -0.4 is 42.9 Å². The number of carbonyl (C=O) groups is 6. The van der Waals surface area contributed by atoms with Gasteiger partial charge in [-0.2, -0.15) is 0 Å². The monoisotopic (exact) mass is 374 g/mol. The fourth-order valence-electron chi connectivity index (χ4n) is 0. The summed E-state index contributed by atoms with van der Waals surface area (Å²) in [6, 6.07) is 0. The Bertz CT molecular complexity index is 287. The average Bonchev–Trinajstić information content (AvgIpc) is 2.18. The van der Waals surface area contributed by atoms with Crippen molar-refractivity contribution in [3.05, 3.63) is 0 Å². The van der Waals surface area contributed by atoms with E-state index in [0.717, 1.165) is 0 Å². The predicted octanol–water partition coefficient (Wildman–Crippen LogP) is -10.2. The zero-order valence-electron chi connectivity index (χ0n) is 10.4. The quantitative estimate of drug-likeness (QED) is 0.295. The zero-order chi connectivity index (χ0) is 15.5. The molecule has 0 bridgehead atoms. The molecule has 0 aromatic rings. The number of quaternary nitrogens is 2. The molecule has 0 aromatic carbocycles. The first kappa shape index (κ1) is 36.2. The summed E-state index contributed by atoms with van der Waals surface area (Å²) in [6.07, 6.45) is 0. The van der Waals surface area contributed by atoms with Crippen molar-refractivity contribution in [1.82, 2.24) is 12.3 Å². The second-order valence-electron chi connectivity index (χ2n) is 1.72. The van der Waals surface area contributed by atoms with Crippen LogP contribution in [0.2, 0.25) is 0 Å². The van der Waals surface area contributed by atoms with E-state index in [9.17, 15) is 0 Å². The van der Waals surface area contributed by atoms with E-state index >= 15 is 0 Å². The van der Waals surface area contributed by atoms with Crippen LogP contribution in [-0.4, -0.2) is 53.4 Å². The van der Waals surface area contributed by atoms with E-state index in [0.29, 0.717) is 0 Å². The molecule has 0 spiro atoms. The van der Waals surface area contributed by atoms with Gasteiger partial charge in [0.1, 0.15) is 0 Å². The number of rotatable bonds is 0. The zero-order valence-corrected chi connectivity index (χ0v) is 12.5. The van der Waals surface area contributed by atoms with Gasteiger partial charge in [-0.05, 0) is 0 Å². The van der Waals surface area contributed by atoms with Crippen LogP contribution >= 0.6 is 0 Å². The van der Waals surface area contributed by atoms with Gasteiger partial charge in [-0.3, -0.25) is 0 Å². The summed E-state index contributed by atoms with van der Waals surface area (Å²) in [7, 11) is 0. The van der Waals surface area contributed by atoms with Gasteiger partial charge < -0.3 is 71.7 Å². The van der Waals surface area contributed by atoms with Gasteiger partial charge in [0, 0.05) is 17.6 Å². The molecule has 15 heteroatoms. The first-order valence-electron chi connectivity index (χ1n) is 3.20. The van der Waals surface area contributed by atoms with Crippen molar-refractivity contribution >= 4 is 53.4 Å². The first-order chi connectivity index (χ1) is 7.93. The maximum Gasteiger partial charge on any atom is 0.0870 e. The minimum Gasteiger partial charge on any atom is -0.543 e. The molecule has 14 nitrogen and oxygen atoms in total. The van der Waals surface area contributed by atoms with Crippen LogP contribution in [0.4, 0.5) is 0 Å². The number of carboxylic acids is 6. The van der Waals surface area contributed by atoms with Crippen molar-refractivity contribution in [2.75, 3.05) is 0 Å². The summed E-state index contributed by atoms with van der Waals surface area (Å²) >= 11 is 0. The van der Waals surface area contributed by atoms with Crippen molar-refractivity contribution in [3.63, 3.8) is 0 Å². The van der Waals surface area contributed by atoms with E-state index in [1.807, 2.05) is 0 Å².